The molecular weight excluding hydrogens is 168 g/mol. The van der Waals surface area contributed by atoms with Gasteiger partial charge in [0, 0.05) is 11.3 Å². The van der Waals surface area contributed by atoms with Crippen molar-refractivity contribution in [3.63, 3.8) is 0 Å². The summed E-state index contributed by atoms with van der Waals surface area (Å²) < 4.78 is 0. The first-order valence-corrected chi connectivity index (χ1v) is 4.50. The molecule has 0 aromatic carbocycles. The summed E-state index contributed by atoms with van der Waals surface area (Å²) in [6.07, 6.45) is 3.03. The highest BCUT2D eigenvalue weighted by Crippen LogP contribution is 2.30. The third kappa shape index (κ3) is 1.22. The molecule has 0 saturated heterocycles. The van der Waals surface area contributed by atoms with E-state index in [0.717, 1.165) is 30.5 Å². The number of hydrogen-bond donors (Lipinski definition) is 2. The molecule has 0 bridgehead atoms. The molecule has 0 fully saturated rings. The van der Waals surface area contributed by atoms with Gasteiger partial charge in [-0.05, 0) is 25.2 Å². The summed E-state index contributed by atoms with van der Waals surface area (Å²) in [5.74, 6) is -0.504. The minimum Gasteiger partial charge on any atom is -0.476 e. The molecular formula is C9H12N2O2. The number of carboxylic acid groups (broad SMARTS) is 1. The molecule has 2 rings (SSSR count). The van der Waals surface area contributed by atoms with Crippen LogP contribution in [0.1, 0.15) is 47.4 Å². The van der Waals surface area contributed by atoms with Crippen LogP contribution in [0.4, 0.5) is 0 Å². The van der Waals surface area contributed by atoms with Gasteiger partial charge in [-0.1, -0.05) is 6.92 Å². The van der Waals surface area contributed by atoms with Crippen molar-refractivity contribution in [3.05, 3.63) is 17.0 Å². The quantitative estimate of drug-likeness (QED) is 0.689. The smallest absolute Gasteiger partial charge is 0.356 e. The largest absolute Gasteiger partial charge is 0.476 e. The lowest BCUT2D eigenvalue weighted by Gasteiger charge is -2.17. The molecule has 2 N–H and O–H groups in total. The highest BCUT2D eigenvalue weighted by Gasteiger charge is 2.24. The number of aromatic nitrogens is 2. The van der Waals surface area contributed by atoms with Gasteiger partial charge < -0.3 is 5.11 Å². The molecule has 0 spiro atoms. The van der Waals surface area contributed by atoms with E-state index in [9.17, 15) is 4.79 Å². The third-order valence-corrected chi connectivity index (χ3v) is 2.66. The van der Waals surface area contributed by atoms with Crippen molar-refractivity contribution in [1.29, 1.82) is 0 Å². The Morgan fingerprint density at radius 3 is 3.15 bits per heavy atom. The Bertz CT molecular complexity index is 343. The van der Waals surface area contributed by atoms with Crippen LogP contribution in [0.25, 0.3) is 0 Å². The number of aromatic amines is 1. The molecule has 4 heteroatoms. The number of aromatic carboxylic acids is 1. The first-order chi connectivity index (χ1) is 6.20. The Kier molecular flexibility index (Phi) is 1.83. The molecule has 1 aromatic heterocycles. The van der Waals surface area contributed by atoms with E-state index in [1.54, 1.807) is 0 Å². The Hall–Kier alpha value is -1.32. The summed E-state index contributed by atoms with van der Waals surface area (Å²) in [5.41, 5.74) is 2.14. The average Bonchev–Trinajstić information content (AvgIpc) is 2.48. The van der Waals surface area contributed by atoms with Crippen molar-refractivity contribution >= 4 is 5.97 Å². The summed E-state index contributed by atoms with van der Waals surface area (Å²) >= 11 is 0. The van der Waals surface area contributed by atoms with E-state index in [1.165, 1.54) is 0 Å². The van der Waals surface area contributed by atoms with Crippen LogP contribution in [-0.2, 0) is 6.42 Å². The fourth-order valence-electron chi connectivity index (χ4n) is 1.95. The Morgan fingerprint density at radius 2 is 2.46 bits per heavy atom. The molecule has 1 atom stereocenters. The second kappa shape index (κ2) is 2.87. The van der Waals surface area contributed by atoms with Gasteiger partial charge >= 0.3 is 5.97 Å². The van der Waals surface area contributed by atoms with Crippen molar-refractivity contribution < 1.29 is 9.90 Å². The topological polar surface area (TPSA) is 66.0 Å². The molecule has 4 nitrogen and oxygen atoms in total. The standard InChI is InChI=1S/C9H12N2O2/c1-5-3-2-4-6-7(5)10-11-8(6)9(12)13/h5H,2-4H2,1H3,(H,10,11)(H,12,13). The van der Waals surface area contributed by atoms with Crippen LogP contribution >= 0.6 is 0 Å². The number of rotatable bonds is 1. The maximum absolute atomic E-state index is 10.8. The van der Waals surface area contributed by atoms with Gasteiger partial charge in [0.2, 0.25) is 0 Å². The predicted molar refractivity (Wildman–Crippen MR) is 46.9 cm³/mol. The number of carbonyl (C=O) groups is 1. The maximum Gasteiger partial charge on any atom is 0.356 e. The van der Waals surface area contributed by atoms with Gasteiger partial charge in [-0.2, -0.15) is 5.10 Å². The second-order valence-corrected chi connectivity index (χ2v) is 3.56. The van der Waals surface area contributed by atoms with E-state index in [2.05, 4.69) is 17.1 Å². The number of fused-ring (bicyclic) bond motifs is 1. The molecule has 0 radical (unpaired) electrons. The van der Waals surface area contributed by atoms with Gasteiger partial charge in [-0.15, -0.1) is 0 Å². The summed E-state index contributed by atoms with van der Waals surface area (Å²) in [7, 11) is 0. The fraction of sp³-hybridized carbons (Fsp3) is 0.556. The third-order valence-electron chi connectivity index (χ3n) is 2.66. The zero-order valence-electron chi connectivity index (χ0n) is 7.50. The zero-order valence-corrected chi connectivity index (χ0v) is 7.50. The molecule has 0 aliphatic heterocycles. The second-order valence-electron chi connectivity index (χ2n) is 3.56. The van der Waals surface area contributed by atoms with E-state index < -0.39 is 5.97 Å². The number of nitrogens with one attached hydrogen (secondary N) is 1. The van der Waals surface area contributed by atoms with E-state index in [0.29, 0.717) is 5.92 Å². The van der Waals surface area contributed by atoms with Crippen LogP contribution in [0.15, 0.2) is 0 Å². The number of H-pyrrole nitrogens is 1. The summed E-state index contributed by atoms with van der Waals surface area (Å²) in [4.78, 5) is 10.8. The van der Waals surface area contributed by atoms with Gasteiger partial charge in [0.1, 0.15) is 0 Å². The molecule has 13 heavy (non-hydrogen) atoms. The van der Waals surface area contributed by atoms with Gasteiger partial charge in [0.15, 0.2) is 5.69 Å². The molecule has 1 aromatic rings. The van der Waals surface area contributed by atoms with Crippen LogP contribution in [0.3, 0.4) is 0 Å². The first kappa shape index (κ1) is 8.29. The summed E-state index contributed by atoms with van der Waals surface area (Å²) in [5, 5.41) is 15.5. The maximum atomic E-state index is 10.8. The average molecular weight is 180 g/mol. The minimum absolute atomic E-state index is 0.210. The normalized spacial score (nSPS) is 21.2. The van der Waals surface area contributed by atoms with Crippen molar-refractivity contribution in [1.82, 2.24) is 10.2 Å². The lowest BCUT2D eigenvalue weighted by atomic mass is 9.88. The van der Waals surface area contributed by atoms with Crippen molar-refractivity contribution in [2.75, 3.05) is 0 Å². The molecule has 1 heterocycles. The SMILES string of the molecule is CC1CCCc2c(C(=O)O)n[nH]c21. The monoisotopic (exact) mass is 180 g/mol. The highest BCUT2D eigenvalue weighted by molar-refractivity contribution is 5.87. The number of carboxylic acids is 1. The molecule has 1 aliphatic carbocycles. The number of nitrogens with zero attached hydrogens (tertiary/aromatic N) is 1. The molecule has 70 valence electrons. The zero-order chi connectivity index (χ0) is 9.42. The van der Waals surface area contributed by atoms with Crippen LogP contribution in [0.5, 0.6) is 0 Å². The van der Waals surface area contributed by atoms with Crippen LogP contribution in [0, 0.1) is 0 Å². The minimum atomic E-state index is -0.924. The van der Waals surface area contributed by atoms with E-state index >= 15 is 0 Å². The lowest BCUT2D eigenvalue weighted by molar-refractivity contribution is 0.0689. The van der Waals surface area contributed by atoms with E-state index in [1.807, 2.05) is 0 Å². The molecule has 0 saturated carbocycles. The van der Waals surface area contributed by atoms with Gasteiger partial charge in [0.05, 0.1) is 0 Å². The van der Waals surface area contributed by atoms with E-state index in [-0.39, 0.29) is 5.69 Å². The predicted octanol–water partition coefficient (Wildman–Crippen LogP) is 1.55. The molecule has 0 amide bonds. The first-order valence-electron chi connectivity index (χ1n) is 4.50. The van der Waals surface area contributed by atoms with Crippen LogP contribution in [-0.4, -0.2) is 21.3 Å². The highest BCUT2D eigenvalue weighted by atomic mass is 16.4. The Labute approximate surface area is 76.0 Å². The van der Waals surface area contributed by atoms with Gasteiger partial charge in [-0.3, -0.25) is 5.10 Å². The van der Waals surface area contributed by atoms with Crippen molar-refractivity contribution in [2.24, 2.45) is 0 Å². The fourth-order valence-corrected chi connectivity index (χ4v) is 1.95. The van der Waals surface area contributed by atoms with Crippen LogP contribution < -0.4 is 0 Å². The van der Waals surface area contributed by atoms with Crippen molar-refractivity contribution in [2.45, 2.75) is 32.1 Å². The summed E-state index contributed by atoms with van der Waals surface area (Å²) in [6, 6.07) is 0. The molecule has 1 aliphatic rings. The summed E-state index contributed by atoms with van der Waals surface area (Å²) in [6.45, 7) is 2.10. The Balaban J connectivity index is 2.47. The van der Waals surface area contributed by atoms with Crippen molar-refractivity contribution in [3.8, 4) is 0 Å². The lowest BCUT2D eigenvalue weighted by Crippen LogP contribution is -2.09. The van der Waals surface area contributed by atoms with Gasteiger partial charge in [0.25, 0.3) is 0 Å². The Morgan fingerprint density at radius 1 is 1.69 bits per heavy atom. The number of hydrogen-bond acceptors (Lipinski definition) is 2. The van der Waals surface area contributed by atoms with E-state index in [4.69, 9.17) is 5.11 Å². The van der Waals surface area contributed by atoms with Gasteiger partial charge in [-0.25, -0.2) is 4.79 Å². The molecule has 1 unspecified atom stereocenters. The van der Waals surface area contributed by atoms with Crippen LogP contribution in [0.2, 0.25) is 0 Å².